The first-order valence-electron chi connectivity index (χ1n) is 11.4. The normalized spacial score (nSPS) is 23.2. The highest BCUT2D eigenvalue weighted by molar-refractivity contribution is 5.89. The second kappa shape index (κ2) is 9.05. The van der Waals surface area contributed by atoms with E-state index in [0.717, 1.165) is 43.9 Å². The van der Waals surface area contributed by atoms with Gasteiger partial charge in [-0.15, -0.1) is 0 Å². The molecular weight excluding hydrogens is 428 g/mol. The van der Waals surface area contributed by atoms with Crippen LogP contribution in [-0.4, -0.2) is 46.4 Å². The fraction of sp³-hybridized carbons (Fsp3) is 0.458. The molecule has 1 amide bonds. The number of carbonyl (C=O) groups is 1. The highest BCUT2D eigenvalue weighted by Crippen LogP contribution is 2.38. The maximum Gasteiger partial charge on any atom is 0.327 e. The van der Waals surface area contributed by atoms with Gasteiger partial charge in [-0.3, -0.25) is 0 Å². The summed E-state index contributed by atoms with van der Waals surface area (Å²) in [6, 6.07) is 4.98. The van der Waals surface area contributed by atoms with Crippen LogP contribution in [0.25, 0.3) is 11.2 Å². The van der Waals surface area contributed by atoms with E-state index in [-0.39, 0.29) is 24.2 Å². The Balaban J connectivity index is 1.39. The molecule has 1 atom stereocenters. The van der Waals surface area contributed by atoms with Crippen molar-refractivity contribution >= 4 is 22.9 Å². The summed E-state index contributed by atoms with van der Waals surface area (Å²) in [5, 5.41) is 3.09. The number of carbonyl (C=O) groups excluding carboxylic acids is 1. The molecule has 174 valence electrons. The Bertz CT molecular complexity index is 1160. The standard InChI is InChI=1S/C24H27F2N5O2/c1-33-18-7-5-16(6-8-18)29-24(32)31-14-28-23-22(31)12-17(13-27-23)30-10-2-3-21(30)19-11-15(25)4-9-20(19)26/h4,9,11-14,16,18,21H,2-3,5-8,10H2,1H3,(H,29,32)/t16?,18?,21-/m1/s1. The molecule has 1 saturated carbocycles. The minimum Gasteiger partial charge on any atom is -0.381 e. The molecule has 0 spiro atoms. The molecule has 0 unspecified atom stereocenters. The number of hydrogen-bond donors (Lipinski definition) is 1. The zero-order valence-corrected chi connectivity index (χ0v) is 18.5. The van der Waals surface area contributed by atoms with Gasteiger partial charge in [0.2, 0.25) is 0 Å². The quantitative estimate of drug-likeness (QED) is 0.624. The molecule has 1 N–H and O–H groups in total. The summed E-state index contributed by atoms with van der Waals surface area (Å²) in [6.45, 7) is 0.691. The zero-order chi connectivity index (χ0) is 22.9. The first kappa shape index (κ1) is 21.8. The smallest absolute Gasteiger partial charge is 0.327 e. The van der Waals surface area contributed by atoms with Crippen LogP contribution in [0.15, 0.2) is 36.8 Å². The van der Waals surface area contributed by atoms with Gasteiger partial charge in [-0.05, 0) is 62.8 Å². The Hall–Kier alpha value is -3.07. The number of ether oxygens (including phenoxy) is 1. The molecule has 1 aromatic carbocycles. The third-order valence-corrected chi connectivity index (χ3v) is 6.84. The summed E-state index contributed by atoms with van der Waals surface area (Å²) in [6.07, 6.45) is 8.56. The van der Waals surface area contributed by atoms with Crippen molar-refractivity contribution in [1.82, 2.24) is 19.9 Å². The summed E-state index contributed by atoms with van der Waals surface area (Å²) >= 11 is 0. The number of nitrogens with one attached hydrogen (secondary N) is 1. The number of aromatic nitrogens is 3. The Kier molecular flexibility index (Phi) is 5.97. The van der Waals surface area contributed by atoms with Gasteiger partial charge in [0.1, 0.15) is 18.0 Å². The van der Waals surface area contributed by atoms with E-state index >= 15 is 0 Å². The maximum atomic E-state index is 14.5. The largest absolute Gasteiger partial charge is 0.381 e. The minimum atomic E-state index is -0.457. The fourth-order valence-corrected chi connectivity index (χ4v) is 5.06. The van der Waals surface area contributed by atoms with Crippen LogP contribution in [-0.2, 0) is 4.74 Å². The van der Waals surface area contributed by atoms with Crippen LogP contribution in [0.2, 0.25) is 0 Å². The van der Waals surface area contributed by atoms with Gasteiger partial charge >= 0.3 is 6.03 Å². The van der Waals surface area contributed by atoms with Crippen molar-refractivity contribution in [2.75, 3.05) is 18.6 Å². The maximum absolute atomic E-state index is 14.5. The molecule has 1 saturated heterocycles. The Morgan fingerprint density at radius 3 is 2.73 bits per heavy atom. The van der Waals surface area contributed by atoms with Gasteiger partial charge in [0.25, 0.3) is 0 Å². The van der Waals surface area contributed by atoms with E-state index in [1.807, 2.05) is 11.0 Å². The van der Waals surface area contributed by atoms with Crippen LogP contribution in [0.5, 0.6) is 0 Å². The van der Waals surface area contributed by atoms with Gasteiger partial charge in [-0.25, -0.2) is 28.1 Å². The van der Waals surface area contributed by atoms with E-state index in [4.69, 9.17) is 4.74 Å². The summed E-state index contributed by atoms with van der Waals surface area (Å²) < 4.78 is 35.2. The van der Waals surface area contributed by atoms with Crippen molar-refractivity contribution in [2.24, 2.45) is 0 Å². The van der Waals surface area contributed by atoms with Crippen LogP contribution in [0.1, 0.15) is 50.1 Å². The van der Waals surface area contributed by atoms with E-state index in [0.29, 0.717) is 29.7 Å². The van der Waals surface area contributed by atoms with Gasteiger partial charge in [-0.2, -0.15) is 0 Å². The molecule has 1 aliphatic carbocycles. The van der Waals surface area contributed by atoms with E-state index in [9.17, 15) is 13.6 Å². The Morgan fingerprint density at radius 2 is 1.94 bits per heavy atom. The predicted molar refractivity (Wildman–Crippen MR) is 120 cm³/mol. The molecule has 0 radical (unpaired) electrons. The third kappa shape index (κ3) is 4.29. The number of imidazole rings is 1. The average molecular weight is 456 g/mol. The fourth-order valence-electron chi connectivity index (χ4n) is 5.06. The van der Waals surface area contributed by atoms with Gasteiger partial charge in [-0.1, -0.05) is 0 Å². The molecule has 2 aliphatic rings. The highest BCUT2D eigenvalue weighted by Gasteiger charge is 2.30. The van der Waals surface area contributed by atoms with E-state index in [2.05, 4.69) is 15.3 Å². The van der Waals surface area contributed by atoms with Crippen LogP contribution in [0.4, 0.5) is 19.3 Å². The summed E-state index contributed by atoms with van der Waals surface area (Å²) in [4.78, 5) is 23.7. The monoisotopic (exact) mass is 455 g/mol. The lowest BCUT2D eigenvalue weighted by atomic mass is 9.93. The number of anilines is 1. The van der Waals surface area contributed by atoms with Gasteiger partial charge < -0.3 is 15.0 Å². The molecule has 1 aliphatic heterocycles. The molecule has 0 bridgehead atoms. The van der Waals surface area contributed by atoms with Crippen molar-refractivity contribution in [3.05, 3.63) is 54.0 Å². The number of rotatable bonds is 4. The molecule has 5 rings (SSSR count). The van der Waals surface area contributed by atoms with Gasteiger partial charge in [0, 0.05) is 25.3 Å². The second-order valence-electron chi connectivity index (χ2n) is 8.83. The molecule has 3 heterocycles. The predicted octanol–water partition coefficient (Wildman–Crippen LogP) is 4.57. The van der Waals surface area contributed by atoms with E-state index in [1.165, 1.54) is 23.0 Å². The van der Waals surface area contributed by atoms with Crippen LogP contribution >= 0.6 is 0 Å². The topological polar surface area (TPSA) is 72.3 Å². The Labute approximate surface area is 190 Å². The number of methoxy groups -OCH3 is 1. The first-order chi connectivity index (χ1) is 16.0. The zero-order valence-electron chi connectivity index (χ0n) is 18.5. The number of benzene rings is 1. The highest BCUT2D eigenvalue weighted by atomic mass is 19.1. The summed E-state index contributed by atoms with van der Waals surface area (Å²) in [7, 11) is 1.72. The van der Waals surface area contributed by atoms with Crippen molar-refractivity contribution in [2.45, 2.75) is 56.7 Å². The molecule has 2 aromatic heterocycles. The number of fused-ring (bicyclic) bond motifs is 1. The number of nitrogens with zero attached hydrogens (tertiary/aromatic N) is 4. The molecule has 7 nitrogen and oxygen atoms in total. The number of amides is 1. The number of hydrogen-bond acceptors (Lipinski definition) is 5. The van der Waals surface area contributed by atoms with Crippen LogP contribution in [0, 0.1) is 11.6 Å². The Morgan fingerprint density at radius 1 is 1.12 bits per heavy atom. The van der Waals surface area contributed by atoms with Gasteiger partial charge in [0.15, 0.2) is 5.65 Å². The minimum absolute atomic E-state index is 0.0939. The summed E-state index contributed by atoms with van der Waals surface area (Å²) in [5.41, 5.74) is 2.14. The number of halogens is 2. The van der Waals surface area contributed by atoms with Crippen LogP contribution in [0.3, 0.4) is 0 Å². The average Bonchev–Trinajstić information content (AvgIpc) is 3.48. The van der Waals surface area contributed by atoms with E-state index < -0.39 is 11.6 Å². The van der Waals surface area contributed by atoms with Crippen molar-refractivity contribution in [3.63, 3.8) is 0 Å². The molecular formula is C24H27F2N5O2. The van der Waals surface area contributed by atoms with Crippen LogP contribution < -0.4 is 10.2 Å². The first-order valence-corrected chi connectivity index (χ1v) is 11.4. The molecule has 2 fully saturated rings. The lowest BCUT2D eigenvalue weighted by molar-refractivity contribution is 0.0636. The second-order valence-corrected chi connectivity index (χ2v) is 8.83. The van der Waals surface area contributed by atoms with E-state index in [1.54, 1.807) is 13.3 Å². The lowest BCUT2D eigenvalue weighted by Gasteiger charge is -2.28. The lowest BCUT2D eigenvalue weighted by Crippen LogP contribution is -2.40. The molecule has 9 heteroatoms. The van der Waals surface area contributed by atoms with Gasteiger partial charge in [0.05, 0.1) is 29.5 Å². The van der Waals surface area contributed by atoms with Crippen molar-refractivity contribution in [1.29, 1.82) is 0 Å². The summed E-state index contributed by atoms with van der Waals surface area (Å²) in [5.74, 6) is -0.879. The molecule has 3 aromatic rings. The molecule has 33 heavy (non-hydrogen) atoms. The SMILES string of the molecule is COC1CCC(NC(=O)n2cnc3ncc(N4CCC[C@@H]4c4cc(F)ccc4F)cc32)CC1. The van der Waals surface area contributed by atoms with Crippen molar-refractivity contribution < 1.29 is 18.3 Å². The number of pyridine rings is 1. The van der Waals surface area contributed by atoms with Crippen molar-refractivity contribution in [3.8, 4) is 0 Å². The third-order valence-electron chi connectivity index (χ3n) is 6.84.